The van der Waals surface area contributed by atoms with Crippen LogP contribution in [0.3, 0.4) is 0 Å². The Bertz CT molecular complexity index is 1570. The Morgan fingerprint density at radius 1 is 0.844 bits per heavy atom. The first-order valence-electron chi connectivity index (χ1n) is 13.3. The van der Waals surface area contributed by atoms with E-state index < -0.39 is 47.6 Å². The number of nitrogens with one attached hydrogen (secondary N) is 2. The van der Waals surface area contributed by atoms with E-state index in [-0.39, 0.29) is 29.5 Å². The number of nitrogens with zero attached hydrogens (tertiary/aromatic N) is 5. The molecule has 45 heavy (non-hydrogen) atoms. The van der Waals surface area contributed by atoms with Crippen LogP contribution >= 0.6 is 11.6 Å². The van der Waals surface area contributed by atoms with E-state index in [2.05, 4.69) is 30.7 Å². The molecule has 0 atom stereocenters. The number of nitrogen functional groups attached to an aromatic ring is 1. The molecule has 5 heterocycles. The van der Waals surface area contributed by atoms with Crippen molar-refractivity contribution in [3.8, 4) is 0 Å². The largest absolute Gasteiger partial charge is 0.498 e. The number of amides is 2. The van der Waals surface area contributed by atoms with E-state index in [0.717, 1.165) is 24.1 Å². The third-order valence-electron chi connectivity index (χ3n) is 6.50. The molecule has 1 aliphatic heterocycles. The molecule has 0 saturated carbocycles. The summed E-state index contributed by atoms with van der Waals surface area (Å²) in [6.45, 7) is 7.81. The van der Waals surface area contributed by atoms with Crippen molar-refractivity contribution in [3.63, 3.8) is 0 Å². The second-order valence-corrected chi connectivity index (χ2v) is 10.7. The second kappa shape index (κ2) is 15.5. The van der Waals surface area contributed by atoms with E-state index in [0.29, 0.717) is 0 Å². The molecule has 0 bridgehead atoms. The van der Waals surface area contributed by atoms with E-state index in [9.17, 15) is 22.8 Å². The van der Waals surface area contributed by atoms with E-state index in [1.165, 1.54) is 41.5 Å². The number of hydrogen-bond acceptors (Lipinski definition) is 9. The van der Waals surface area contributed by atoms with Gasteiger partial charge < -0.3 is 25.7 Å². The van der Waals surface area contributed by atoms with Gasteiger partial charge in [-0.1, -0.05) is 0 Å². The van der Waals surface area contributed by atoms with Crippen LogP contribution < -0.4 is 21.8 Å². The molecule has 4 aromatic heterocycles. The summed E-state index contributed by atoms with van der Waals surface area (Å²) in [4.78, 5) is 33.4. The molecule has 1 saturated heterocycles. The molecule has 5 rings (SSSR count). The van der Waals surface area contributed by atoms with Crippen LogP contribution in [0.5, 0.6) is 0 Å². The molecule has 0 unspecified atom stereocenters. The minimum Gasteiger partial charge on any atom is -0.399 e. The molecule has 17 heteroatoms. The summed E-state index contributed by atoms with van der Waals surface area (Å²) < 4.78 is 51.8. The van der Waals surface area contributed by atoms with Crippen LogP contribution in [0.4, 0.5) is 30.2 Å². The summed E-state index contributed by atoms with van der Waals surface area (Å²) in [6, 6.07) is 4.17. The maximum atomic E-state index is 13.5. The highest BCUT2D eigenvalue weighted by atomic mass is 35.5. The Labute approximate surface area is 262 Å². The Kier molecular flexibility index (Phi) is 12.0. The first-order chi connectivity index (χ1) is 21.2. The highest BCUT2D eigenvalue weighted by Gasteiger charge is 2.52. The lowest BCUT2D eigenvalue weighted by Gasteiger charge is -2.32. The van der Waals surface area contributed by atoms with Gasteiger partial charge in [0.05, 0.1) is 46.9 Å². The molecule has 0 aromatic carbocycles. The van der Waals surface area contributed by atoms with Crippen LogP contribution in [0.15, 0.2) is 67.8 Å². The lowest BCUT2D eigenvalue weighted by Crippen LogP contribution is -2.41. The highest BCUT2D eigenvalue weighted by Crippen LogP contribution is 2.36. The number of aromatic nitrogens is 5. The number of rotatable bonds is 6. The molecule has 4 aromatic rings. The first-order valence-corrected chi connectivity index (χ1v) is 13.8. The molecule has 0 radical (unpaired) electrons. The highest BCUT2D eigenvalue weighted by molar-refractivity contribution is 6.62. The van der Waals surface area contributed by atoms with Crippen LogP contribution in [0.25, 0.3) is 0 Å². The summed E-state index contributed by atoms with van der Waals surface area (Å²) >= 11 is 5.20. The Morgan fingerprint density at radius 3 is 1.78 bits per heavy atom. The number of pyridine rings is 3. The predicted molar refractivity (Wildman–Crippen MR) is 163 cm³/mol. The third-order valence-corrected chi connectivity index (χ3v) is 6.75. The van der Waals surface area contributed by atoms with Crippen LogP contribution in [-0.4, -0.2) is 60.7 Å². The van der Waals surface area contributed by atoms with Crippen LogP contribution in [0.1, 0.15) is 27.7 Å². The third kappa shape index (κ3) is 9.99. The lowest BCUT2D eigenvalue weighted by atomic mass is 9.82. The zero-order chi connectivity index (χ0) is 33.2. The number of nitrogens with two attached hydrogens (primary N) is 1. The standard InChI is InChI=1S/C16H20BFN4O3.C7H6ClFN2O.C5H5FN2/c1-15(2)16(3,4)25-17(24-15)11-7-20-22(9-11)10-14(23)21-13-5-6-19-8-12(13)18;8-3-7(12)11-6-1-2-10-4-5(6)9;6-4-3-8-2-1-5(4)7/h5-9H,10H2,1-4H3,(H,19,21,23);1-2,4H,3H2,(H,10,11,12);1-3H,(H2,7,8). The Balaban J connectivity index is 0.000000227. The average molecular weight is 647 g/mol. The van der Waals surface area contributed by atoms with Crippen LogP contribution in [-0.2, 0) is 25.4 Å². The molecular weight excluding hydrogens is 616 g/mol. The number of alkyl halides is 1. The van der Waals surface area contributed by atoms with Crippen molar-refractivity contribution < 1.29 is 32.1 Å². The molecule has 2 amide bonds. The fourth-order valence-electron chi connectivity index (χ4n) is 3.43. The zero-order valence-electron chi connectivity index (χ0n) is 24.8. The fraction of sp³-hybridized carbons (Fsp3) is 0.286. The summed E-state index contributed by atoms with van der Waals surface area (Å²) in [5, 5.41) is 8.91. The van der Waals surface area contributed by atoms with E-state index in [4.69, 9.17) is 26.6 Å². The summed E-state index contributed by atoms with van der Waals surface area (Å²) in [5.41, 5.74) is 5.25. The maximum absolute atomic E-state index is 13.5. The van der Waals surface area contributed by atoms with Crippen molar-refractivity contribution in [1.29, 1.82) is 0 Å². The van der Waals surface area contributed by atoms with Crippen molar-refractivity contribution in [3.05, 3.63) is 85.2 Å². The fourth-order valence-corrected chi connectivity index (χ4v) is 3.49. The number of halogens is 4. The molecule has 1 fully saturated rings. The molecule has 1 aliphatic rings. The lowest BCUT2D eigenvalue weighted by molar-refractivity contribution is -0.117. The quantitative estimate of drug-likeness (QED) is 0.210. The van der Waals surface area contributed by atoms with Gasteiger partial charge in [-0.25, -0.2) is 13.2 Å². The molecular formula is C28H31BClF3N8O4. The SMILES string of the molecule is CC1(C)OB(c2cnn(CC(=O)Nc3ccncc3F)c2)OC1(C)C.Nc1ccncc1F.O=C(CCl)Nc1ccncc1F. The smallest absolute Gasteiger partial charge is 0.399 e. The summed E-state index contributed by atoms with van der Waals surface area (Å²) in [7, 11) is -0.542. The van der Waals surface area contributed by atoms with Crippen LogP contribution in [0, 0.1) is 17.5 Å². The average Bonchev–Trinajstić information content (AvgIpc) is 3.53. The molecule has 238 valence electrons. The van der Waals surface area contributed by atoms with Gasteiger partial charge in [0.25, 0.3) is 0 Å². The minimum absolute atomic E-state index is 0.0543. The van der Waals surface area contributed by atoms with Crippen molar-refractivity contribution in [2.24, 2.45) is 0 Å². The summed E-state index contributed by atoms with van der Waals surface area (Å²) in [6.07, 6.45) is 10.7. The Morgan fingerprint density at radius 2 is 1.33 bits per heavy atom. The van der Waals surface area contributed by atoms with E-state index in [1.54, 1.807) is 12.4 Å². The van der Waals surface area contributed by atoms with Gasteiger partial charge in [-0.15, -0.1) is 11.6 Å². The molecule has 0 aliphatic carbocycles. The first kappa shape index (κ1) is 34.9. The van der Waals surface area contributed by atoms with Gasteiger partial charge in [0.15, 0.2) is 17.5 Å². The predicted octanol–water partition coefficient (Wildman–Crippen LogP) is 3.56. The molecule has 0 spiro atoms. The second-order valence-electron chi connectivity index (χ2n) is 10.4. The number of carbonyl (C=O) groups excluding carboxylic acids is 2. The van der Waals surface area contributed by atoms with Crippen molar-refractivity contribution >= 4 is 53.1 Å². The van der Waals surface area contributed by atoms with Crippen LogP contribution in [0.2, 0.25) is 0 Å². The van der Waals surface area contributed by atoms with E-state index >= 15 is 0 Å². The van der Waals surface area contributed by atoms with Gasteiger partial charge in [-0.2, -0.15) is 5.10 Å². The number of hydrogen-bond donors (Lipinski definition) is 3. The van der Waals surface area contributed by atoms with Gasteiger partial charge in [-0.05, 0) is 45.9 Å². The maximum Gasteiger partial charge on any atom is 0.498 e. The molecule has 12 nitrogen and oxygen atoms in total. The number of anilines is 3. The topological polar surface area (TPSA) is 159 Å². The zero-order valence-corrected chi connectivity index (χ0v) is 25.6. The normalized spacial score (nSPS) is 14.4. The van der Waals surface area contributed by atoms with Gasteiger partial charge in [-0.3, -0.25) is 29.2 Å². The van der Waals surface area contributed by atoms with Crippen molar-refractivity contribution in [1.82, 2.24) is 24.7 Å². The van der Waals surface area contributed by atoms with Crippen molar-refractivity contribution in [2.45, 2.75) is 45.4 Å². The monoisotopic (exact) mass is 646 g/mol. The summed E-state index contributed by atoms with van der Waals surface area (Å²) in [5.74, 6) is -2.66. The van der Waals surface area contributed by atoms with Crippen molar-refractivity contribution in [2.75, 3.05) is 22.2 Å². The van der Waals surface area contributed by atoms with Gasteiger partial charge in [0.2, 0.25) is 11.8 Å². The minimum atomic E-state index is -0.589. The van der Waals surface area contributed by atoms with E-state index in [1.807, 2.05) is 27.7 Å². The molecule has 4 N–H and O–H groups in total. The number of carbonyl (C=O) groups is 2. The van der Waals surface area contributed by atoms with Gasteiger partial charge >= 0.3 is 7.12 Å². The van der Waals surface area contributed by atoms with Gasteiger partial charge in [0, 0.05) is 36.4 Å². The van der Waals surface area contributed by atoms with Gasteiger partial charge in [0.1, 0.15) is 12.4 Å². The Hall–Kier alpha value is -4.54.